The molecule has 36 heavy (non-hydrogen) atoms. The molecule has 8 nitrogen and oxygen atoms in total. The molecule has 0 radical (unpaired) electrons. The summed E-state index contributed by atoms with van der Waals surface area (Å²) >= 11 is 1.21. The van der Waals surface area contributed by atoms with Gasteiger partial charge in [-0.25, -0.2) is 16.8 Å². The summed E-state index contributed by atoms with van der Waals surface area (Å²) in [6.07, 6.45) is 6.33. The topological polar surface area (TPSA) is 98.2 Å². The van der Waals surface area contributed by atoms with Crippen molar-refractivity contribution in [1.82, 2.24) is 8.61 Å². The second kappa shape index (κ2) is 10.6. The third kappa shape index (κ3) is 5.64. The van der Waals surface area contributed by atoms with Gasteiger partial charge in [-0.1, -0.05) is 32.1 Å². The Labute approximate surface area is 218 Å². The molecule has 1 aromatic carbocycles. The first-order chi connectivity index (χ1) is 17.0. The Kier molecular flexibility index (Phi) is 7.84. The molecule has 1 saturated heterocycles. The molecular formula is C25H33N3O5S3. The van der Waals surface area contributed by atoms with Crippen molar-refractivity contribution < 1.29 is 21.9 Å². The van der Waals surface area contributed by atoms with E-state index in [1.165, 1.54) is 15.6 Å². The normalized spacial score (nSPS) is 21.6. The van der Waals surface area contributed by atoms with E-state index in [4.69, 9.17) is 0 Å². The summed E-state index contributed by atoms with van der Waals surface area (Å²) in [5.41, 5.74) is 1.53. The molecule has 196 valence electrons. The fourth-order valence-corrected chi connectivity index (χ4v) is 8.83. The summed E-state index contributed by atoms with van der Waals surface area (Å²) in [6, 6.07) is 10.1. The number of allylic oxidation sites excluding steroid dienone is 2. The van der Waals surface area contributed by atoms with Crippen molar-refractivity contribution in [2.45, 2.75) is 30.5 Å². The van der Waals surface area contributed by atoms with Crippen LogP contribution in [0.4, 0.5) is 5.69 Å². The maximum absolute atomic E-state index is 13.3. The van der Waals surface area contributed by atoms with Crippen LogP contribution < -0.4 is 4.90 Å². The second-order valence-corrected chi connectivity index (χ2v) is 14.8. The SMILES string of the molecule is CC(C)CS(=O)(=O)N(C)C1=CCC([C@H]2CN(S(=O)(=O)c3cccs3)CCN2c2ccc(O)cc2)C=C1. The predicted octanol–water partition coefficient (Wildman–Crippen LogP) is 3.71. The molecule has 2 aromatic rings. The highest BCUT2D eigenvalue weighted by Crippen LogP contribution is 2.33. The van der Waals surface area contributed by atoms with Crippen LogP contribution in [0.5, 0.6) is 5.75 Å². The van der Waals surface area contributed by atoms with E-state index in [2.05, 4.69) is 4.90 Å². The third-order valence-corrected chi connectivity index (χ3v) is 12.0. The number of piperazine rings is 1. The first-order valence-electron chi connectivity index (χ1n) is 11.9. The summed E-state index contributed by atoms with van der Waals surface area (Å²) in [6.45, 7) is 4.92. The number of likely N-dealkylation sites (N-methyl/N-ethyl adjacent to an activating group) is 1. The maximum atomic E-state index is 13.3. The van der Waals surface area contributed by atoms with E-state index in [0.717, 1.165) is 5.69 Å². The van der Waals surface area contributed by atoms with Gasteiger partial charge in [-0.2, -0.15) is 4.31 Å². The van der Waals surface area contributed by atoms with Crippen molar-refractivity contribution >= 4 is 37.1 Å². The lowest BCUT2D eigenvalue weighted by atomic mass is 9.89. The van der Waals surface area contributed by atoms with Gasteiger partial charge in [0.2, 0.25) is 10.0 Å². The molecule has 2 aliphatic rings. The van der Waals surface area contributed by atoms with Crippen LogP contribution in [0, 0.1) is 11.8 Å². The summed E-state index contributed by atoms with van der Waals surface area (Å²) in [5.74, 6) is 0.246. The molecule has 1 aromatic heterocycles. The van der Waals surface area contributed by atoms with Gasteiger partial charge in [0.05, 0.1) is 5.75 Å². The molecule has 0 spiro atoms. The molecule has 2 atom stereocenters. The first-order valence-corrected chi connectivity index (χ1v) is 15.9. The maximum Gasteiger partial charge on any atom is 0.252 e. The molecule has 0 amide bonds. The van der Waals surface area contributed by atoms with Crippen LogP contribution in [-0.2, 0) is 20.0 Å². The molecular weight excluding hydrogens is 518 g/mol. The quantitative estimate of drug-likeness (QED) is 0.537. The number of phenolic OH excluding ortho intramolecular Hbond substituents is 1. The van der Waals surface area contributed by atoms with Crippen molar-refractivity contribution in [1.29, 1.82) is 0 Å². The highest BCUT2D eigenvalue weighted by molar-refractivity contribution is 7.91. The average molecular weight is 552 g/mol. The third-order valence-electron chi connectivity index (χ3n) is 6.58. The van der Waals surface area contributed by atoms with Crippen LogP contribution in [0.2, 0.25) is 0 Å². The standard InChI is InChI=1S/C25H33N3O5S3/c1-19(2)18-35(30,31)26(3)21-8-6-20(7-9-21)24-17-27(36(32,33)25-5-4-16-34-25)14-15-28(24)22-10-12-23(29)13-11-22/h4-6,8-13,16,19-20,24,29H,7,14-15,17-18H2,1-3H3/t20?,24-/m1/s1. The zero-order valence-corrected chi connectivity index (χ0v) is 23.1. The lowest BCUT2D eigenvalue weighted by Gasteiger charge is -2.45. The molecule has 4 rings (SSSR count). The highest BCUT2D eigenvalue weighted by Gasteiger charge is 2.38. The number of benzene rings is 1. The van der Waals surface area contributed by atoms with E-state index >= 15 is 0 Å². The van der Waals surface area contributed by atoms with E-state index in [-0.39, 0.29) is 29.4 Å². The van der Waals surface area contributed by atoms with Crippen molar-refractivity contribution in [3.63, 3.8) is 0 Å². The van der Waals surface area contributed by atoms with E-state index in [9.17, 15) is 21.9 Å². The van der Waals surface area contributed by atoms with Gasteiger partial charge >= 0.3 is 0 Å². The Bertz CT molecular complexity index is 1320. The van der Waals surface area contributed by atoms with E-state index < -0.39 is 20.0 Å². The van der Waals surface area contributed by atoms with Crippen molar-refractivity contribution in [2.24, 2.45) is 11.8 Å². The number of hydrogen-bond acceptors (Lipinski definition) is 7. The van der Waals surface area contributed by atoms with Gasteiger partial charge in [0.25, 0.3) is 10.0 Å². The van der Waals surface area contributed by atoms with Crippen molar-refractivity contribution in [2.75, 3.05) is 37.3 Å². The summed E-state index contributed by atoms with van der Waals surface area (Å²) in [5, 5.41) is 11.5. The average Bonchev–Trinajstić information content (AvgIpc) is 3.39. The number of nitrogens with zero attached hydrogens (tertiary/aromatic N) is 3. The minimum Gasteiger partial charge on any atom is -0.508 e. The number of thiophene rings is 1. The van der Waals surface area contributed by atoms with Crippen LogP contribution in [0.25, 0.3) is 0 Å². The number of hydrogen-bond donors (Lipinski definition) is 1. The van der Waals surface area contributed by atoms with E-state index in [1.54, 1.807) is 41.0 Å². The molecule has 11 heteroatoms. The van der Waals surface area contributed by atoms with E-state index in [1.807, 2.05) is 44.2 Å². The summed E-state index contributed by atoms with van der Waals surface area (Å²) in [4.78, 5) is 2.19. The largest absolute Gasteiger partial charge is 0.508 e. The van der Waals surface area contributed by atoms with Gasteiger partial charge in [0.15, 0.2) is 0 Å². The Morgan fingerprint density at radius 3 is 2.42 bits per heavy atom. The van der Waals surface area contributed by atoms with Crippen molar-refractivity contribution in [3.05, 3.63) is 65.7 Å². The number of phenols is 1. The molecule has 1 aliphatic carbocycles. The fourth-order valence-electron chi connectivity index (χ4n) is 4.71. The highest BCUT2D eigenvalue weighted by atomic mass is 32.2. The van der Waals surface area contributed by atoms with Crippen LogP contribution in [0.15, 0.2) is 69.9 Å². The lowest BCUT2D eigenvalue weighted by Crippen LogP contribution is -2.57. The first kappa shape index (κ1) is 26.7. The van der Waals surface area contributed by atoms with Gasteiger partial charge in [-0.3, -0.25) is 4.31 Å². The monoisotopic (exact) mass is 551 g/mol. The molecule has 0 bridgehead atoms. The van der Waals surface area contributed by atoms with Crippen LogP contribution in [0.3, 0.4) is 0 Å². The Morgan fingerprint density at radius 2 is 1.83 bits per heavy atom. The summed E-state index contributed by atoms with van der Waals surface area (Å²) < 4.78 is 55.2. The zero-order chi connectivity index (χ0) is 26.1. The molecule has 1 N–H and O–H groups in total. The lowest BCUT2D eigenvalue weighted by molar-refractivity contribution is 0.295. The fraction of sp³-hybridized carbons (Fsp3) is 0.440. The Balaban J connectivity index is 1.59. The molecule has 2 heterocycles. The van der Waals surface area contributed by atoms with Crippen molar-refractivity contribution in [3.8, 4) is 5.75 Å². The van der Waals surface area contributed by atoms with Crippen LogP contribution in [0.1, 0.15) is 20.3 Å². The van der Waals surface area contributed by atoms with Gasteiger partial charge in [-0.15, -0.1) is 11.3 Å². The molecule has 0 saturated carbocycles. The predicted molar refractivity (Wildman–Crippen MR) is 144 cm³/mol. The number of rotatable bonds is 8. The number of sulfonamides is 2. The Morgan fingerprint density at radius 1 is 1.11 bits per heavy atom. The summed E-state index contributed by atoms with van der Waals surface area (Å²) in [7, 11) is -5.44. The zero-order valence-electron chi connectivity index (χ0n) is 20.7. The Hall–Kier alpha value is -2.34. The van der Waals surface area contributed by atoms with Gasteiger partial charge in [0.1, 0.15) is 9.96 Å². The van der Waals surface area contributed by atoms with Crippen LogP contribution in [-0.4, -0.2) is 69.0 Å². The van der Waals surface area contributed by atoms with E-state index in [0.29, 0.717) is 36.0 Å². The minimum absolute atomic E-state index is 0.0231. The number of aromatic hydroxyl groups is 1. The van der Waals surface area contributed by atoms with Gasteiger partial charge < -0.3 is 10.0 Å². The minimum atomic E-state index is -3.60. The molecule has 1 aliphatic heterocycles. The second-order valence-electron chi connectivity index (χ2n) is 9.60. The van der Waals surface area contributed by atoms with Gasteiger partial charge in [0, 0.05) is 50.0 Å². The molecule has 1 unspecified atom stereocenters. The molecule has 1 fully saturated rings. The van der Waals surface area contributed by atoms with Crippen LogP contribution >= 0.6 is 11.3 Å². The smallest absolute Gasteiger partial charge is 0.252 e. The number of anilines is 1. The van der Waals surface area contributed by atoms with Gasteiger partial charge in [-0.05, 0) is 54.1 Å².